The molecular weight excluding hydrogens is 194 g/mol. The van der Waals surface area contributed by atoms with Gasteiger partial charge in [0.2, 0.25) is 0 Å². The summed E-state index contributed by atoms with van der Waals surface area (Å²) in [5.74, 6) is 0.591. The van der Waals surface area contributed by atoms with Gasteiger partial charge in [0.25, 0.3) is 5.91 Å². The molecule has 0 aromatic heterocycles. The zero-order valence-electron chi connectivity index (χ0n) is 8.69. The number of hydrogen-bond acceptors (Lipinski definition) is 3. The van der Waals surface area contributed by atoms with Crippen LogP contribution in [0.25, 0.3) is 0 Å². The molecule has 0 atom stereocenters. The third-order valence-electron chi connectivity index (χ3n) is 1.97. The number of nitrogens with one attached hydrogen (secondary N) is 1. The molecule has 1 amide bonds. The molecule has 82 valence electrons. The van der Waals surface area contributed by atoms with Gasteiger partial charge in [0.1, 0.15) is 5.75 Å². The Bertz CT molecular complexity index is 308. The molecule has 0 saturated carbocycles. The molecule has 1 aromatic rings. The van der Waals surface area contributed by atoms with Crippen LogP contribution in [0.5, 0.6) is 5.75 Å². The number of aliphatic hydroxyl groups is 1. The number of methoxy groups -OCH3 is 1. The number of benzene rings is 1. The number of rotatable bonds is 5. The van der Waals surface area contributed by atoms with E-state index in [0.717, 1.165) is 5.75 Å². The van der Waals surface area contributed by atoms with Crippen molar-refractivity contribution in [2.45, 2.75) is 6.42 Å². The number of carbonyl (C=O) groups excluding carboxylic acids is 1. The highest BCUT2D eigenvalue weighted by Crippen LogP contribution is 2.10. The average molecular weight is 209 g/mol. The van der Waals surface area contributed by atoms with Crippen LogP contribution in [0.1, 0.15) is 16.8 Å². The fourth-order valence-electron chi connectivity index (χ4n) is 1.13. The molecule has 0 bridgehead atoms. The first-order valence-electron chi connectivity index (χ1n) is 4.81. The Morgan fingerprint density at radius 1 is 1.40 bits per heavy atom. The third-order valence-corrected chi connectivity index (χ3v) is 1.97. The van der Waals surface area contributed by atoms with Crippen LogP contribution in [0, 0.1) is 0 Å². The molecule has 0 unspecified atom stereocenters. The second-order valence-electron chi connectivity index (χ2n) is 3.06. The quantitative estimate of drug-likeness (QED) is 0.705. The normalized spacial score (nSPS) is 9.73. The van der Waals surface area contributed by atoms with Crippen molar-refractivity contribution >= 4 is 5.91 Å². The van der Waals surface area contributed by atoms with Gasteiger partial charge in [-0.1, -0.05) is 0 Å². The largest absolute Gasteiger partial charge is 0.497 e. The first-order chi connectivity index (χ1) is 7.27. The van der Waals surface area contributed by atoms with Gasteiger partial charge in [-0.2, -0.15) is 0 Å². The van der Waals surface area contributed by atoms with Crippen LogP contribution in [0.4, 0.5) is 0 Å². The van der Waals surface area contributed by atoms with Crippen molar-refractivity contribution < 1.29 is 14.6 Å². The van der Waals surface area contributed by atoms with E-state index in [9.17, 15) is 4.79 Å². The highest BCUT2D eigenvalue weighted by Gasteiger charge is 2.03. The Morgan fingerprint density at radius 3 is 2.60 bits per heavy atom. The number of hydrogen-bond donors (Lipinski definition) is 2. The van der Waals surface area contributed by atoms with E-state index in [0.29, 0.717) is 18.5 Å². The zero-order chi connectivity index (χ0) is 11.1. The van der Waals surface area contributed by atoms with E-state index < -0.39 is 0 Å². The predicted octanol–water partition coefficient (Wildman–Crippen LogP) is 0.807. The lowest BCUT2D eigenvalue weighted by Gasteiger charge is -2.04. The number of carbonyl (C=O) groups is 1. The van der Waals surface area contributed by atoms with E-state index in [2.05, 4.69) is 5.32 Å². The Labute approximate surface area is 88.9 Å². The van der Waals surface area contributed by atoms with Gasteiger partial charge in [-0.25, -0.2) is 0 Å². The van der Waals surface area contributed by atoms with Crippen molar-refractivity contribution in [1.82, 2.24) is 5.32 Å². The van der Waals surface area contributed by atoms with Crippen LogP contribution < -0.4 is 10.1 Å². The molecule has 2 N–H and O–H groups in total. The van der Waals surface area contributed by atoms with Crippen LogP contribution in [-0.4, -0.2) is 31.3 Å². The summed E-state index contributed by atoms with van der Waals surface area (Å²) in [6, 6.07) is 6.88. The van der Waals surface area contributed by atoms with Gasteiger partial charge in [0.15, 0.2) is 0 Å². The minimum Gasteiger partial charge on any atom is -0.497 e. The van der Waals surface area contributed by atoms with E-state index in [-0.39, 0.29) is 12.5 Å². The maximum Gasteiger partial charge on any atom is 0.251 e. The van der Waals surface area contributed by atoms with Crippen LogP contribution in [0.3, 0.4) is 0 Å². The first-order valence-corrected chi connectivity index (χ1v) is 4.81. The molecule has 1 aromatic carbocycles. The number of ether oxygens (including phenoxy) is 1. The second-order valence-corrected chi connectivity index (χ2v) is 3.06. The fourth-order valence-corrected chi connectivity index (χ4v) is 1.13. The Balaban J connectivity index is 2.50. The molecule has 0 aliphatic carbocycles. The molecule has 0 spiro atoms. The summed E-state index contributed by atoms with van der Waals surface area (Å²) in [7, 11) is 1.58. The minimum absolute atomic E-state index is 0.0862. The molecule has 4 nitrogen and oxygen atoms in total. The van der Waals surface area contributed by atoms with Gasteiger partial charge in [-0.15, -0.1) is 0 Å². The topological polar surface area (TPSA) is 58.6 Å². The van der Waals surface area contributed by atoms with Gasteiger partial charge in [0.05, 0.1) is 7.11 Å². The summed E-state index contributed by atoms with van der Waals surface area (Å²) in [5.41, 5.74) is 0.591. The van der Waals surface area contributed by atoms with Gasteiger partial charge in [-0.3, -0.25) is 4.79 Å². The van der Waals surface area contributed by atoms with Crippen molar-refractivity contribution in [1.29, 1.82) is 0 Å². The highest BCUT2D eigenvalue weighted by atomic mass is 16.5. The molecule has 0 fully saturated rings. The molecule has 4 heteroatoms. The molecule has 0 saturated heterocycles. The number of amides is 1. The maximum absolute atomic E-state index is 11.5. The Morgan fingerprint density at radius 2 is 2.07 bits per heavy atom. The monoisotopic (exact) mass is 209 g/mol. The maximum atomic E-state index is 11.5. The minimum atomic E-state index is -0.133. The Hall–Kier alpha value is -1.55. The molecule has 15 heavy (non-hydrogen) atoms. The van der Waals surface area contributed by atoms with E-state index >= 15 is 0 Å². The lowest BCUT2D eigenvalue weighted by molar-refractivity contribution is 0.0951. The molecule has 0 radical (unpaired) electrons. The lowest BCUT2D eigenvalue weighted by Crippen LogP contribution is -2.24. The Kier molecular flexibility index (Phi) is 4.63. The smallest absolute Gasteiger partial charge is 0.251 e. The van der Waals surface area contributed by atoms with Crippen LogP contribution in [0.15, 0.2) is 24.3 Å². The van der Waals surface area contributed by atoms with E-state index in [1.807, 2.05) is 0 Å². The summed E-state index contributed by atoms with van der Waals surface area (Å²) < 4.78 is 4.98. The molecular formula is C11H15NO3. The van der Waals surface area contributed by atoms with Crippen molar-refractivity contribution in [3.8, 4) is 5.75 Å². The molecule has 0 heterocycles. The van der Waals surface area contributed by atoms with E-state index in [1.165, 1.54) is 0 Å². The average Bonchev–Trinajstić information content (AvgIpc) is 2.29. The summed E-state index contributed by atoms with van der Waals surface area (Å²) in [4.78, 5) is 11.5. The van der Waals surface area contributed by atoms with Gasteiger partial charge < -0.3 is 15.2 Å². The summed E-state index contributed by atoms with van der Waals surface area (Å²) in [5, 5.41) is 11.2. The second kappa shape index (κ2) is 6.03. The van der Waals surface area contributed by atoms with Crippen molar-refractivity contribution in [2.75, 3.05) is 20.3 Å². The van der Waals surface area contributed by atoms with Crippen LogP contribution in [-0.2, 0) is 0 Å². The SMILES string of the molecule is COc1ccc(C(=O)NCCCO)cc1. The summed E-state index contributed by atoms with van der Waals surface area (Å²) in [6.45, 7) is 0.574. The standard InChI is InChI=1S/C11H15NO3/c1-15-10-5-3-9(4-6-10)11(14)12-7-2-8-13/h3-6,13H,2,7-8H2,1H3,(H,12,14). The predicted molar refractivity (Wildman–Crippen MR) is 57.0 cm³/mol. The molecule has 0 aliphatic rings. The van der Waals surface area contributed by atoms with Crippen LogP contribution in [0.2, 0.25) is 0 Å². The van der Waals surface area contributed by atoms with Crippen molar-refractivity contribution in [3.05, 3.63) is 29.8 Å². The zero-order valence-corrected chi connectivity index (χ0v) is 8.69. The summed E-state index contributed by atoms with van der Waals surface area (Å²) >= 11 is 0. The number of aliphatic hydroxyl groups excluding tert-OH is 1. The third kappa shape index (κ3) is 3.59. The van der Waals surface area contributed by atoms with Crippen LogP contribution >= 0.6 is 0 Å². The van der Waals surface area contributed by atoms with Gasteiger partial charge in [-0.05, 0) is 30.7 Å². The fraction of sp³-hybridized carbons (Fsp3) is 0.364. The van der Waals surface area contributed by atoms with E-state index in [4.69, 9.17) is 9.84 Å². The van der Waals surface area contributed by atoms with E-state index in [1.54, 1.807) is 31.4 Å². The lowest BCUT2D eigenvalue weighted by atomic mass is 10.2. The summed E-state index contributed by atoms with van der Waals surface area (Å²) in [6.07, 6.45) is 0.571. The molecule has 0 aliphatic heterocycles. The van der Waals surface area contributed by atoms with Gasteiger partial charge in [0, 0.05) is 18.7 Å². The van der Waals surface area contributed by atoms with Gasteiger partial charge >= 0.3 is 0 Å². The first kappa shape index (κ1) is 11.5. The highest BCUT2D eigenvalue weighted by molar-refractivity contribution is 5.94. The van der Waals surface area contributed by atoms with Crippen molar-refractivity contribution in [2.24, 2.45) is 0 Å². The van der Waals surface area contributed by atoms with Crippen molar-refractivity contribution in [3.63, 3.8) is 0 Å². The molecule has 1 rings (SSSR count).